The zero-order valence-corrected chi connectivity index (χ0v) is 37.4. The third kappa shape index (κ3) is 34.2. The van der Waals surface area contributed by atoms with Crippen molar-refractivity contribution in [3.05, 3.63) is 40.4 Å². The Bertz CT molecular complexity index is 1190. The highest BCUT2D eigenvalue weighted by Crippen LogP contribution is 2.43. The summed E-state index contributed by atoms with van der Waals surface area (Å²) in [6.45, 7) is 5.64. The van der Waals surface area contributed by atoms with E-state index in [1.807, 2.05) is 12.3 Å². The number of aromatic nitrogens is 1. The van der Waals surface area contributed by atoms with Crippen molar-refractivity contribution in [2.45, 2.75) is 213 Å². The van der Waals surface area contributed by atoms with Crippen LogP contribution in [0.5, 0.6) is 0 Å². The van der Waals surface area contributed by atoms with Gasteiger partial charge in [-0.2, -0.15) is 0 Å². The lowest BCUT2D eigenvalue weighted by Gasteiger charge is -2.20. The van der Waals surface area contributed by atoms with Crippen LogP contribution in [-0.4, -0.2) is 47.7 Å². The second kappa shape index (κ2) is 37.4. The number of esters is 2. The molecule has 0 aliphatic rings. The predicted molar refractivity (Wildman–Crippen MR) is 232 cm³/mol. The first-order valence-electron chi connectivity index (χ1n) is 22.4. The molecule has 0 aliphatic heterocycles. The number of aryl methyl sites for hydroxylation is 1. The minimum atomic E-state index is -4.43. The lowest BCUT2D eigenvalue weighted by molar-refractivity contribution is -0.161. The van der Waals surface area contributed by atoms with E-state index in [9.17, 15) is 19.0 Å². The van der Waals surface area contributed by atoms with Crippen molar-refractivity contribution >= 4 is 31.1 Å². The zero-order chi connectivity index (χ0) is 40.8. The SMILES string of the molecule is CCCCC/C=C\C/C=C\CCCCCCCC(=O)O[C@H](COC(=O)CCCCCCCCCCCCCCCCC)COP(=O)(O)OCCc1nc(C)cs1. The number of ether oxygens (including phenoxy) is 2. The van der Waals surface area contributed by atoms with Crippen LogP contribution in [-0.2, 0) is 39.1 Å². The fourth-order valence-electron chi connectivity index (χ4n) is 6.32. The maximum atomic E-state index is 12.7. The lowest BCUT2D eigenvalue weighted by atomic mass is 10.0. The molecule has 56 heavy (non-hydrogen) atoms. The summed E-state index contributed by atoms with van der Waals surface area (Å²) < 4.78 is 33.9. The molecule has 1 N–H and O–H groups in total. The number of thiazole rings is 1. The number of carbonyl (C=O) groups excluding carboxylic acids is 2. The predicted octanol–water partition coefficient (Wildman–Crippen LogP) is 13.7. The van der Waals surface area contributed by atoms with E-state index >= 15 is 0 Å². The van der Waals surface area contributed by atoms with E-state index in [1.165, 1.54) is 114 Å². The molecule has 0 bridgehead atoms. The fourth-order valence-corrected chi connectivity index (χ4v) is 7.83. The molecule has 0 spiro atoms. The molecule has 0 saturated carbocycles. The molecule has 0 aliphatic carbocycles. The van der Waals surface area contributed by atoms with Gasteiger partial charge >= 0.3 is 19.8 Å². The number of carbonyl (C=O) groups is 2. The fraction of sp³-hybridized carbons (Fsp3) is 0.800. The molecule has 11 heteroatoms. The second-order valence-electron chi connectivity index (χ2n) is 15.2. The van der Waals surface area contributed by atoms with E-state index in [2.05, 4.69) is 43.1 Å². The highest BCUT2D eigenvalue weighted by Gasteiger charge is 2.26. The van der Waals surface area contributed by atoms with Crippen molar-refractivity contribution in [3.8, 4) is 0 Å². The number of rotatable bonds is 40. The van der Waals surface area contributed by atoms with Gasteiger partial charge in [-0.3, -0.25) is 18.6 Å². The van der Waals surface area contributed by atoms with Crippen LogP contribution in [0.3, 0.4) is 0 Å². The maximum absolute atomic E-state index is 12.7. The van der Waals surface area contributed by atoms with Crippen molar-refractivity contribution in [1.82, 2.24) is 4.98 Å². The van der Waals surface area contributed by atoms with Crippen LogP contribution in [0.4, 0.5) is 0 Å². The van der Waals surface area contributed by atoms with Crippen molar-refractivity contribution in [2.75, 3.05) is 19.8 Å². The van der Waals surface area contributed by atoms with Crippen molar-refractivity contribution in [3.63, 3.8) is 0 Å². The van der Waals surface area contributed by atoms with Gasteiger partial charge in [-0.1, -0.05) is 160 Å². The normalized spacial score (nSPS) is 13.4. The minimum Gasteiger partial charge on any atom is -0.462 e. The summed E-state index contributed by atoms with van der Waals surface area (Å²) in [6, 6.07) is 0. The largest absolute Gasteiger partial charge is 0.472 e. The van der Waals surface area contributed by atoms with E-state index in [-0.39, 0.29) is 32.0 Å². The molecule has 1 rings (SSSR count). The van der Waals surface area contributed by atoms with Gasteiger partial charge in [-0.15, -0.1) is 11.3 Å². The van der Waals surface area contributed by atoms with Crippen molar-refractivity contribution < 1.29 is 37.6 Å². The third-order valence-electron chi connectivity index (χ3n) is 9.70. The molecule has 0 radical (unpaired) electrons. The maximum Gasteiger partial charge on any atom is 0.472 e. The van der Waals surface area contributed by atoms with Crippen LogP contribution in [0.2, 0.25) is 0 Å². The summed E-state index contributed by atoms with van der Waals surface area (Å²) in [5.74, 6) is -0.827. The molecule has 9 nitrogen and oxygen atoms in total. The summed E-state index contributed by atoms with van der Waals surface area (Å²) in [7, 11) is -4.43. The molecule has 0 amide bonds. The number of hydrogen-bond donors (Lipinski definition) is 1. The number of unbranched alkanes of at least 4 members (excludes halogenated alkanes) is 22. The number of allylic oxidation sites excluding steroid dienone is 4. The van der Waals surface area contributed by atoms with Gasteiger partial charge in [0.2, 0.25) is 0 Å². The van der Waals surface area contributed by atoms with Gasteiger partial charge in [0.1, 0.15) is 6.61 Å². The van der Waals surface area contributed by atoms with Crippen molar-refractivity contribution in [2.24, 2.45) is 0 Å². The Balaban J connectivity index is 2.32. The van der Waals surface area contributed by atoms with Gasteiger partial charge in [0.15, 0.2) is 6.10 Å². The first-order valence-corrected chi connectivity index (χ1v) is 24.8. The van der Waals surface area contributed by atoms with E-state index in [4.69, 9.17) is 18.5 Å². The van der Waals surface area contributed by atoms with Gasteiger partial charge in [-0.05, 0) is 51.9 Å². The Labute approximate surface area is 345 Å². The molecule has 0 aromatic carbocycles. The van der Waals surface area contributed by atoms with Crippen LogP contribution in [0.1, 0.15) is 204 Å². The molecule has 0 saturated heterocycles. The molecule has 1 aromatic heterocycles. The van der Waals surface area contributed by atoms with E-state index in [0.29, 0.717) is 12.8 Å². The highest BCUT2D eigenvalue weighted by molar-refractivity contribution is 7.47. The molecule has 1 aromatic rings. The minimum absolute atomic E-state index is 0.0494. The first kappa shape index (κ1) is 52.2. The van der Waals surface area contributed by atoms with E-state index < -0.39 is 26.5 Å². The Morgan fingerprint density at radius 1 is 0.679 bits per heavy atom. The van der Waals surface area contributed by atoms with Gasteiger partial charge in [0, 0.05) is 30.3 Å². The highest BCUT2D eigenvalue weighted by atomic mass is 32.1. The summed E-state index contributed by atoms with van der Waals surface area (Å²) in [5, 5.41) is 2.70. The van der Waals surface area contributed by atoms with E-state index in [1.54, 1.807) is 0 Å². The lowest BCUT2D eigenvalue weighted by Crippen LogP contribution is -2.29. The Hall–Kier alpha value is -1.84. The molecule has 2 atom stereocenters. The average Bonchev–Trinajstić information content (AvgIpc) is 3.60. The average molecular weight is 826 g/mol. The Kier molecular flexibility index (Phi) is 34.9. The van der Waals surface area contributed by atoms with Gasteiger partial charge in [0.05, 0.1) is 18.2 Å². The van der Waals surface area contributed by atoms with Crippen LogP contribution in [0.15, 0.2) is 29.7 Å². The molecular weight excluding hydrogens is 746 g/mol. The molecule has 1 heterocycles. The summed E-state index contributed by atoms with van der Waals surface area (Å²) >= 11 is 1.45. The standard InChI is InChI=1S/C45H80NO8PS/c1-4-6-8-10-12-14-16-18-20-22-24-26-28-30-32-34-44(47)51-38-42(39-53-55(49,50)52-37-36-43-46-41(3)40-56-43)54-45(48)35-33-31-29-27-25-23-21-19-17-15-13-11-9-7-5-2/h13,15,19,21,40,42H,4-12,14,16-18,20,22-39H2,1-3H3,(H,49,50)/b15-13-,21-19-/t42-/m1/s1. The number of phosphoric ester groups is 1. The van der Waals surface area contributed by atoms with E-state index in [0.717, 1.165) is 68.5 Å². The topological polar surface area (TPSA) is 121 Å². The summed E-state index contributed by atoms with van der Waals surface area (Å²) in [6.07, 6.45) is 39.5. The third-order valence-corrected chi connectivity index (χ3v) is 11.7. The van der Waals surface area contributed by atoms with Gasteiger partial charge in [0.25, 0.3) is 0 Å². The second-order valence-corrected chi connectivity index (χ2v) is 17.6. The van der Waals surface area contributed by atoms with Crippen LogP contribution in [0, 0.1) is 6.92 Å². The smallest absolute Gasteiger partial charge is 0.462 e. The number of phosphoric acid groups is 1. The molecule has 324 valence electrons. The Morgan fingerprint density at radius 2 is 1.16 bits per heavy atom. The van der Waals surface area contributed by atoms with Gasteiger partial charge in [-0.25, -0.2) is 9.55 Å². The van der Waals surface area contributed by atoms with Crippen molar-refractivity contribution in [1.29, 1.82) is 0 Å². The van der Waals surface area contributed by atoms with Crippen LogP contribution < -0.4 is 0 Å². The zero-order valence-electron chi connectivity index (χ0n) is 35.7. The summed E-state index contributed by atoms with van der Waals surface area (Å²) in [5.41, 5.74) is 0.882. The van der Waals surface area contributed by atoms with Gasteiger partial charge < -0.3 is 14.4 Å². The molecule has 1 unspecified atom stereocenters. The van der Waals surface area contributed by atoms with Crippen LogP contribution >= 0.6 is 19.2 Å². The monoisotopic (exact) mass is 826 g/mol. The molecular formula is C45H80NO8PS. The van der Waals surface area contributed by atoms with Crippen LogP contribution in [0.25, 0.3) is 0 Å². The number of nitrogens with zero attached hydrogens (tertiary/aromatic N) is 1. The molecule has 0 fully saturated rings. The first-order chi connectivity index (χ1) is 27.3. The summed E-state index contributed by atoms with van der Waals surface area (Å²) in [4.78, 5) is 39.8. The number of hydrogen-bond acceptors (Lipinski definition) is 9. The Morgan fingerprint density at radius 3 is 1.70 bits per heavy atom. The quantitative estimate of drug-likeness (QED) is 0.0298.